The first-order valence-electron chi connectivity index (χ1n) is 14.4. The molecule has 0 radical (unpaired) electrons. The minimum atomic E-state index is 0.459. The van der Waals surface area contributed by atoms with Crippen LogP contribution in [0.3, 0.4) is 0 Å². The molecular formula is C40H30N4. The van der Waals surface area contributed by atoms with Crippen LogP contribution in [0.25, 0.3) is 38.8 Å². The molecule has 0 amide bonds. The summed E-state index contributed by atoms with van der Waals surface area (Å²) >= 11 is 0. The van der Waals surface area contributed by atoms with Crippen molar-refractivity contribution >= 4 is 38.8 Å². The summed E-state index contributed by atoms with van der Waals surface area (Å²) in [5, 5.41) is 22.0. The Hall–Kier alpha value is -5.97. The molecular weight excluding hydrogens is 536 g/mol. The number of allylic oxidation sites excluding steroid dienone is 2. The van der Waals surface area contributed by atoms with Crippen molar-refractivity contribution < 1.29 is 0 Å². The topological polar surface area (TPSA) is 64.9 Å². The number of hydrogen-bond acceptors (Lipinski definition) is 3. The highest BCUT2D eigenvalue weighted by Gasteiger charge is 2.14. The third kappa shape index (κ3) is 5.22. The normalized spacial score (nSPS) is 11.8. The van der Waals surface area contributed by atoms with Gasteiger partial charge < -0.3 is 4.57 Å². The second kappa shape index (κ2) is 11.7. The van der Waals surface area contributed by atoms with Crippen molar-refractivity contribution in [3.05, 3.63) is 161 Å². The second-order valence-corrected chi connectivity index (χ2v) is 11.0. The van der Waals surface area contributed by atoms with Crippen LogP contribution in [0.1, 0.15) is 45.9 Å². The Morgan fingerprint density at radius 2 is 1.23 bits per heavy atom. The van der Waals surface area contributed by atoms with Crippen LogP contribution in [0.4, 0.5) is 0 Å². The van der Waals surface area contributed by atoms with E-state index in [-0.39, 0.29) is 0 Å². The number of nitriles is 2. The molecule has 0 atom stereocenters. The Kier molecular flexibility index (Phi) is 7.51. The van der Waals surface area contributed by atoms with Crippen LogP contribution in [0.2, 0.25) is 0 Å². The quantitative estimate of drug-likeness (QED) is 0.188. The zero-order valence-corrected chi connectivity index (χ0v) is 25.0. The molecule has 1 aromatic heterocycles. The zero-order valence-electron chi connectivity index (χ0n) is 25.0. The van der Waals surface area contributed by atoms with Crippen molar-refractivity contribution in [2.45, 2.75) is 20.8 Å². The lowest BCUT2D eigenvalue weighted by Crippen LogP contribution is -2.03. The molecule has 1 heterocycles. The lowest BCUT2D eigenvalue weighted by molar-refractivity contribution is 1.18. The maximum Gasteiger partial charge on any atom is 0.0998 e. The van der Waals surface area contributed by atoms with Gasteiger partial charge in [0.15, 0.2) is 0 Å². The fraction of sp³-hybridized carbons (Fsp3) is 0.0750. The molecule has 0 N–H and O–H groups in total. The van der Waals surface area contributed by atoms with E-state index in [2.05, 4.69) is 97.8 Å². The number of fused-ring (bicyclic) bond motifs is 3. The highest BCUT2D eigenvalue weighted by molar-refractivity contribution is 6.15. The molecule has 44 heavy (non-hydrogen) atoms. The Labute approximate surface area is 257 Å². The van der Waals surface area contributed by atoms with Crippen LogP contribution in [-0.4, -0.2) is 10.3 Å². The van der Waals surface area contributed by atoms with Gasteiger partial charge in [0.05, 0.1) is 45.7 Å². The fourth-order valence-corrected chi connectivity index (χ4v) is 5.70. The molecule has 0 saturated heterocycles. The molecule has 0 aliphatic rings. The summed E-state index contributed by atoms with van der Waals surface area (Å²) in [6.07, 6.45) is 1.98. The monoisotopic (exact) mass is 566 g/mol. The summed E-state index contributed by atoms with van der Waals surface area (Å²) in [5.41, 5.74) is 11.4. The van der Waals surface area contributed by atoms with Crippen LogP contribution in [-0.2, 0) is 0 Å². The fourth-order valence-electron chi connectivity index (χ4n) is 5.70. The Morgan fingerprint density at radius 3 is 1.80 bits per heavy atom. The lowest BCUT2D eigenvalue weighted by Gasteiger charge is -2.11. The summed E-state index contributed by atoms with van der Waals surface area (Å²) in [5.74, 6) is 0. The summed E-state index contributed by atoms with van der Waals surface area (Å²) in [6.45, 7) is 10.5. The highest BCUT2D eigenvalue weighted by Crippen LogP contribution is 2.34. The van der Waals surface area contributed by atoms with Crippen molar-refractivity contribution in [3.8, 4) is 17.8 Å². The summed E-state index contributed by atoms with van der Waals surface area (Å²) in [7, 11) is 0. The van der Waals surface area contributed by atoms with Crippen molar-refractivity contribution in [1.29, 1.82) is 10.5 Å². The third-order valence-corrected chi connectivity index (χ3v) is 7.95. The largest absolute Gasteiger partial charge is 0.309 e. The summed E-state index contributed by atoms with van der Waals surface area (Å²) < 4.78 is 2.32. The predicted molar refractivity (Wildman–Crippen MR) is 182 cm³/mol. The van der Waals surface area contributed by atoms with Gasteiger partial charge in [-0.15, -0.1) is 0 Å². The predicted octanol–water partition coefficient (Wildman–Crippen LogP) is 9.71. The van der Waals surface area contributed by atoms with Gasteiger partial charge in [0.25, 0.3) is 0 Å². The third-order valence-electron chi connectivity index (χ3n) is 7.95. The number of aromatic nitrogens is 1. The van der Waals surface area contributed by atoms with Gasteiger partial charge in [0.1, 0.15) is 0 Å². The number of hydrogen-bond donors (Lipinski definition) is 0. The molecule has 0 fully saturated rings. The number of aryl methyl sites for hydroxylation is 2. The van der Waals surface area contributed by atoms with Crippen LogP contribution < -0.4 is 0 Å². The van der Waals surface area contributed by atoms with Crippen molar-refractivity contribution in [3.63, 3.8) is 0 Å². The molecule has 6 rings (SSSR count). The van der Waals surface area contributed by atoms with Gasteiger partial charge >= 0.3 is 0 Å². The second-order valence-electron chi connectivity index (χ2n) is 11.0. The number of benzene rings is 5. The molecule has 5 aromatic carbocycles. The van der Waals surface area contributed by atoms with Crippen LogP contribution >= 0.6 is 0 Å². The van der Waals surface area contributed by atoms with E-state index >= 15 is 0 Å². The molecule has 0 saturated carbocycles. The summed E-state index contributed by atoms with van der Waals surface area (Å²) in [4.78, 5) is 4.88. The molecule has 0 bridgehead atoms. The van der Waals surface area contributed by atoms with Gasteiger partial charge in [0, 0.05) is 27.6 Å². The minimum Gasteiger partial charge on any atom is -0.309 e. The Morgan fingerprint density at radius 1 is 0.705 bits per heavy atom. The standard InChI is InChI=1S/C40H30N4/c1-26-13-19-39-36(21-26)37-22-27(2)14-20-40(37)44(39)33-17-15-30(16-18-33)28(3)23-38(35-12-8-6-10-32(35)25-42)43-29(4)34-11-7-5-9-31(34)24-41/h5-23H,4H2,1-3H3/b28-23+,43-38?. The molecule has 0 aliphatic heterocycles. The smallest absolute Gasteiger partial charge is 0.0998 e. The SMILES string of the molecule is C=C(N=C(/C=C(\C)c1ccc(-n2c3ccc(C)cc3c3cc(C)ccc32)cc1)c1ccccc1C#N)c1ccccc1C#N. The Balaban J connectivity index is 1.43. The van der Waals surface area contributed by atoms with Gasteiger partial charge in [-0.3, -0.25) is 0 Å². The van der Waals surface area contributed by atoms with Gasteiger partial charge in [-0.2, -0.15) is 10.5 Å². The molecule has 210 valence electrons. The molecule has 4 nitrogen and oxygen atoms in total. The van der Waals surface area contributed by atoms with Crippen LogP contribution in [0, 0.1) is 36.5 Å². The van der Waals surface area contributed by atoms with Gasteiger partial charge in [-0.1, -0.05) is 78.4 Å². The molecule has 0 spiro atoms. The molecule has 6 aromatic rings. The van der Waals surface area contributed by atoms with Crippen molar-refractivity contribution in [1.82, 2.24) is 4.57 Å². The average molecular weight is 567 g/mol. The maximum absolute atomic E-state index is 9.86. The first kappa shape index (κ1) is 28.2. The number of rotatable bonds is 6. The van der Waals surface area contributed by atoms with E-state index in [0.717, 1.165) is 16.8 Å². The van der Waals surface area contributed by atoms with E-state index in [1.807, 2.05) is 49.4 Å². The Bertz CT molecular complexity index is 2170. The summed E-state index contributed by atoms with van der Waals surface area (Å²) in [6, 6.07) is 41.0. The first-order valence-corrected chi connectivity index (χ1v) is 14.4. The van der Waals surface area contributed by atoms with Crippen molar-refractivity contribution in [2.24, 2.45) is 4.99 Å². The first-order chi connectivity index (χ1) is 21.4. The van der Waals surface area contributed by atoms with E-state index in [4.69, 9.17) is 4.99 Å². The number of nitrogens with zero attached hydrogens (tertiary/aromatic N) is 4. The zero-order chi connectivity index (χ0) is 30.8. The van der Waals surface area contributed by atoms with E-state index in [1.165, 1.54) is 32.9 Å². The van der Waals surface area contributed by atoms with Crippen molar-refractivity contribution in [2.75, 3.05) is 0 Å². The van der Waals surface area contributed by atoms with Gasteiger partial charge in [0.2, 0.25) is 0 Å². The molecule has 4 heteroatoms. The van der Waals surface area contributed by atoms with Crippen LogP contribution in [0.15, 0.2) is 127 Å². The highest BCUT2D eigenvalue weighted by atomic mass is 15.0. The maximum atomic E-state index is 9.86. The minimum absolute atomic E-state index is 0.459. The van der Waals surface area contributed by atoms with E-state index in [0.29, 0.717) is 33.7 Å². The van der Waals surface area contributed by atoms with Gasteiger partial charge in [-0.05, 0) is 86.5 Å². The average Bonchev–Trinajstić information content (AvgIpc) is 3.36. The van der Waals surface area contributed by atoms with E-state index in [9.17, 15) is 10.5 Å². The van der Waals surface area contributed by atoms with E-state index in [1.54, 1.807) is 12.1 Å². The molecule has 0 unspecified atom stereocenters. The number of aliphatic imine (C=N–C) groups is 1. The van der Waals surface area contributed by atoms with Crippen LogP contribution in [0.5, 0.6) is 0 Å². The van der Waals surface area contributed by atoms with Gasteiger partial charge in [-0.25, -0.2) is 4.99 Å². The molecule has 0 aliphatic carbocycles. The lowest BCUT2D eigenvalue weighted by atomic mass is 9.98. The van der Waals surface area contributed by atoms with E-state index < -0.39 is 0 Å².